The van der Waals surface area contributed by atoms with Crippen LogP contribution in [0.3, 0.4) is 0 Å². The summed E-state index contributed by atoms with van der Waals surface area (Å²) in [7, 11) is 0. The Labute approximate surface area is 96.7 Å². The summed E-state index contributed by atoms with van der Waals surface area (Å²) in [6.45, 7) is 6.29. The van der Waals surface area contributed by atoms with Crippen LogP contribution in [-0.4, -0.2) is 36.9 Å². The first kappa shape index (κ1) is 13.3. The number of Topliss-reactive ketones (excluding diaryl/α,β-unsaturated/α-hetero) is 2. The molecule has 0 amide bonds. The highest BCUT2D eigenvalue weighted by Crippen LogP contribution is 2.10. The molecule has 0 bridgehead atoms. The number of ether oxygens (including phenoxy) is 1. The minimum atomic E-state index is -0.264. The van der Waals surface area contributed by atoms with Gasteiger partial charge in [-0.1, -0.05) is 20.8 Å². The molecule has 0 saturated carbocycles. The molecule has 16 heavy (non-hydrogen) atoms. The Kier molecular flexibility index (Phi) is 5.09. The van der Waals surface area contributed by atoms with Crippen molar-refractivity contribution >= 4 is 11.6 Å². The van der Waals surface area contributed by atoms with Gasteiger partial charge in [0, 0.05) is 6.42 Å². The molecule has 0 aromatic rings. The van der Waals surface area contributed by atoms with Gasteiger partial charge >= 0.3 is 0 Å². The van der Waals surface area contributed by atoms with Crippen molar-refractivity contribution in [2.24, 2.45) is 5.92 Å². The number of ketones is 2. The predicted octanol–water partition coefficient (Wildman–Crippen LogP) is 0.938. The Hall–Kier alpha value is -0.740. The van der Waals surface area contributed by atoms with E-state index in [1.807, 2.05) is 20.8 Å². The number of rotatable bonds is 2. The van der Waals surface area contributed by atoms with Gasteiger partial charge in [-0.3, -0.25) is 9.59 Å². The van der Waals surface area contributed by atoms with E-state index in [0.29, 0.717) is 6.42 Å². The predicted molar refractivity (Wildman–Crippen MR) is 61.3 cm³/mol. The van der Waals surface area contributed by atoms with Crippen LogP contribution in [0.2, 0.25) is 0 Å². The van der Waals surface area contributed by atoms with Gasteiger partial charge in [-0.2, -0.15) is 0 Å². The first-order chi connectivity index (χ1) is 7.54. The summed E-state index contributed by atoms with van der Waals surface area (Å²) in [6, 6.07) is -0.264. The van der Waals surface area contributed by atoms with Gasteiger partial charge in [0.25, 0.3) is 0 Å². The van der Waals surface area contributed by atoms with Crippen LogP contribution >= 0.6 is 0 Å². The second kappa shape index (κ2) is 6.11. The van der Waals surface area contributed by atoms with E-state index in [-0.39, 0.29) is 42.8 Å². The molecular weight excluding hydrogens is 206 g/mol. The largest absolute Gasteiger partial charge is 0.370 e. The lowest BCUT2D eigenvalue weighted by molar-refractivity contribution is -0.129. The first-order valence-electron chi connectivity index (χ1n) is 5.94. The van der Waals surface area contributed by atoms with Crippen molar-refractivity contribution in [1.29, 1.82) is 0 Å². The molecular formula is C12H21NO3. The normalized spacial score (nSPS) is 28.8. The summed E-state index contributed by atoms with van der Waals surface area (Å²) in [6.07, 6.45) is 1.07. The average Bonchev–Trinajstić information content (AvgIpc) is 2.29. The molecule has 0 aliphatic carbocycles. The third kappa shape index (κ3) is 3.68. The molecule has 1 fully saturated rings. The molecule has 0 aromatic carbocycles. The van der Waals surface area contributed by atoms with Crippen LogP contribution in [0.5, 0.6) is 0 Å². The lowest BCUT2D eigenvalue weighted by Gasteiger charge is -2.19. The van der Waals surface area contributed by atoms with E-state index in [1.54, 1.807) is 0 Å². The quantitative estimate of drug-likeness (QED) is 0.762. The number of carbonyl (C=O) groups excluding carboxylic acids is 2. The van der Waals surface area contributed by atoms with Gasteiger partial charge in [0.1, 0.15) is 12.4 Å². The topological polar surface area (TPSA) is 55.4 Å². The summed E-state index contributed by atoms with van der Waals surface area (Å²) in [5, 5.41) is 3.03. The van der Waals surface area contributed by atoms with Gasteiger partial charge in [-0.15, -0.1) is 0 Å². The smallest absolute Gasteiger partial charge is 0.175 e. The molecule has 1 unspecified atom stereocenters. The minimum absolute atomic E-state index is 0.0446. The Morgan fingerprint density at radius 3 is 2.69 bits per heavy atom. The number of hydrogen-bond donors (Lipinski definition) is 1. The fourth-order valence-electron chi connectivity index (χ4n) is 1.88. The average molecular weight is 227 g/mol. The Bertz CT molecular complexity index is 263. The maximum atomic E-state index is 11.8. The van der Waals surface area contributed by atoms with Crippen LogP contribution in [0, 0.1) is 5.92 Å². The van der Waals surface area contributed by atoms with E-state index in [0.717, 1.165) is 6.42 Å². The maximum absolute atomic E-state index is 11.8. The van der Waals surface area contributed by atoms with Crippen molar-refractivity contribution in [3.8, 4) is 0 Å². The molecule has 1 aliphatic rings. The summed E-state index contributed by atoms with van der Waals surface area (Å²) >= 11 is 0. The van der Waals surface area contributed by atoms with Crippen molar-refractivity contribution in [2.45, 2.75) is 45.8 Å². The van der Waals surface area contributed by atoms with Gasteiger partial charge < -0.3 is 10.1 Å². The van der Waals surface area contributed by atoms with Gasteiger partial charge in [-0.05, 0) is 12.3 Å². The fourth-order valence-corrected chi connectivity index (χ4v) is 1.88. The minimum Gasteiger partial charge on any atom is -0.370 e. The number of carbonyl (C=O) groups is 2. The molecule has 0 spiro atoms. The molecule has 0 radical (unpaired) electrons. The van der Waals surface area contributed by atoms with Gasteiger partial charge in [0.15, 0.2) is 5.78 Å². The zero-order valence-corrected chi connectivity index (χ0v) is 10.3. The first-order valence-corrected chi connectivity index (χ1v) is 5.94. The van der Waals surface area contributed by atoms with Gasteiger partial charge in [0.05, 0.1) is 18.7 Å². The third-order valence-electron chi connectivity index (χ3n) is 2.90. The maximum Gasteiger partial charge on any atom is 0.175 e. The Morgan fingerprint density at radius 1 is 1.44 bits per heavy atom. The third-order valence-corrected chi connectivity index (χ3v) is 2.90. The highest BCUT2D eigenvalue weighted by Gasteiger charge is 2.26. The van der Waals surface area contributed by atoms with Crippen molar-refractivity contribution < 1.29 is 14.3 Å². The van der Waals surface area contributed by atoms with Crippen LogP contribution in [0.25, 0.3) is 0 Å². The van der Waals surface area contributed by atoms with Crippen LogP contribution < -0.4 is 5.32 Å². The molecule has 92 valence electrons. The molecule has 1 rings (SSSR count). The van der Waals surface area contributed by atoms with E-state index in [1.165, 1.54) is 0 Å². The monoisotopic (exact) mass is 227 g/mol. The molecule has 1 aliphatic heterocycles. The zero-order valence-electron chi connectivity index (χ0n) is 10.3. The van der Waals surface area contributed by atoms with E-state index >= 15 is 0 Å². The second-order valence-electron chi connectivity index (χ2n) is 4.65. The standard InChI is InChI=1S/C12H21NO3/c1-4-10-5-9(14)6-13-12(8(2)3)11(15)7-16-10/h8,10,12-13H,4-7H2,1-3H3/t10?,12-/m0/s1. The molecule has 1 saturated heterocycles. The van der Waals surface area contributed by atoms with E-state index in [9.17, 15) is 9.59 Å². The summed E-state index contributed by atoms with van der Waals surface area (Å²) in [5.41, 5.74) is 0. The molecule has 0 aromatic heterocycles. The fraction of sp³-hybridized carbons (Fsp3) is 0.833. The van der Waals surface area contributed by atoms with Gasteiger partial charge in [0.2, 0.25) is 0 Å². The lowest BCUT2D eigenvalue weighted by Crippen LogP contribution is -2.44. The van der Waals surface area contributed by atoms with Crippen molar-refractivity contribution in [1.82, 2.24) is 5.32 Å². The summed E-state index contributed by atoms with van der Waals surface area (Å²) < 4.78 is 5.46. The highest BCUT2D eigenvalue weighted by molar-refractivity contribution is 5.87. The van der Waals surface area contributed by atoms with Crippen molar-refractivity contribution in [3.63, 3.8) is 0 Å². The molecule has 4 nitrogen and oxygen atoms in total. The van der Waals surface area contributed by atoms with Crippen LogP contribution in [0.4, 0.5) is 0 Å². The number of nitrogens with one attached hydrogen (secondary N) is 1. The second-order valence-corrected chi connectivity index (χ2v) is 4.65. The zero-order chi connectivity index (χ0) is 12.1. The van der Waals surface area contributed by atoms with Crippen molar-refractivity contribution in [3.05, 3.63) is 0 Å². The van der Waals surface area contributed by atoms with E-state index < -0.39 is 0 Å². The SMILES string of the molecule is CCC1CC(=O)CN[C@@H](C(C)C)C(=O)CO1. The molecule has 1 N–H and O–H groups in total. The molecule has 1 heterocycles. The molecule has 2 atom stereocenters. The van der Waals surface area contributed by atoms with Crippen molar-refractivity contribution in [2.75, 3.05) is 13.2 Å². The Morgan fingerprint density at radius 2 is 2.12 bits per heavy atom. The summed E-state index contributed by atoms with van der Waals surface area (Å²) in [5.74, 6) is 0.345. The summed E-state index contributed by atoms with van der Waals surface area (Å²) in [4.78, 5) is 23.4. The lowest BCUT2D eigenvalue weighted by atomic mass is 10.0. The highest BCUT2D eigenvalue weighted by atomic mass is 16.5. The molecule has 4 heteroatoms. The van der Waals surface area contributed by atoms with E-state index in [2.05, 4.69) is 5.32 Å². The van der Waals surface area contributed by atoms with Crippen LogP contribution in [0.1, 0.15) is 33.6 Å². The Balaban J connectivity index is 2.69. The van der Waals surface area contributed by atoms with Gasteiger partial charge in [-0.25, -0.2) is 0 Å². The van der Waals surface area contributed by atoms with Crippen LogP contribution in [-0.2, 0) is 14.3 Å². The van der Waals surface area contributed by atoms with Crippen LogP contribution in [0.15, 0.2) is 0 Å². The van der Waals surface area contributed by atoms with E-state index in [4.69, 9.17) is 4.74 Å². The number of hydrogen-bond acceptors (Lipinski definition) is 4.